The van der Waals surface area contributed by atoms with Gasteiger partial charge in [-0.1, -0.05) is 29.8 Å². The smallest absolute Gasteiger partial charge is 0.248 e. The van der Waals surface area contributed by atoms with Crippen LogP contribution in [0.1, 0.15) is 18.1 Å². The highest BCUT2D eigenvalue weighted by Gasteiger charge is 2.29. The fourth-order valence-corrected chi connectivity index (χ4v) is 3.94. The number of carbonyl (C=O) groups is 1. The predicted octanol–water partition coefficient (Wildman–Crippen LogP) is 3.75. The van der Waals surface area contributed by atoms with Crippen LogP contribution in [0.3, 0.4) is 0 Å². The van der Waals surface area contributed by atoms with Crippen molar-refractivity contribution >= 4 is 38.9 Å². The first-order valence-electron chi connectivity index (χ1n) is 7.73. The quantitative estimate of drug-likeness (QED) is 0.858. The van der Waals surface area contributed by atoms with Gasteiger partial charge < -0.3 is 5.32 Å². The molecule has 0 aliphatic carbocycles. The van der Waals surface area contributed by atoms with Crippen molar-refractivity contribution in [3.05, 3.63) is 58.6 Å². The van der Waals surface area contributed by atoms with Crippen molar-refractivity contribution in [2.45, 2.75) is 26.8 Å². The van der Waals surface area contributed by atoms with Gasteiger partial charge in [-0.05, 0) is 56.2 Å². The van der Waals surface area contributed by atoms with Gasteiger partial charge in [0.1, 0.15) is 6.04 Å². The van der Waals surface area contributed by atoms with Crippen LogP contribution in [0.15, 0.2) is 42.5 Å². The molecule has 0 saturated carbocycles. The Kier molecular flexibility index (Phi) is 5.75. The number of rotatable bonds is 5. The fraction of sp³-hybridized carbons (Fsp3) is 0.278. The monoisotopic (exact) mass is 380 g/mol. The molecule has 7 heteroatoms. The molecule has 0 fully saturated rings. The second-order valence-corrected chi connectivity index (χ2v) is 8.26. The van der Waals surface area contributed by atoms with Crippen LogP contribution < -0.4 is 9.62 Å². The molecule has 5 nitrogen and oxygen atoms in total. The van der Waals surface area contributed by atoms with E-state index in [1.807, 2.05) is 32.0 Å². The number of amides is 1. The Bertz CT molecular complexity index is 859. The van der Waals surface area contributed by atoms with E-state index in [9.17, 15) is 13.2 Å². The summed E-state index contributed by atoms with van der Waals surface area (Å²) in [6.45, 7) is 5.33. The minimum absolute atomic E-state index is 0.385. The zero-order valence-electron chi connectivity index (χ0n) is 14.6. The van der Waals surface area contributed by atoms with E-state index in [0.29, 0.717) is 16.4 Å². The third-order valence-corrected chi connectivity index (χ3v) is 5.39. The highest BCUT2D eigenvalue weighted by Crippen LogP contribution is 2.25. The van der Waals surface area contributed by atoms with Crippen LogP contribution in [-0.2, 0) is 14.8 Å². The van der Waals surface area contributed by atoms with E-state index < -0.39 is 22.0 Å². The summed E-state index contributed by atoms with van der Waals surface area (Å²) >= 11 is 5.87. The number of carbonyl (C=O) groups excluding carboxylic acids is 1. The first kappa shape index (κ1) is 19.3. The number of para-hydroxylation sites is 1. The van der Waals surface area contributed by atoms with Crippen LogP contribution in [0, 0.1) is 13.8 Å². The Labute approximate surface area is 153 Å². The molecule has 0 aliphatic rings. The third kappa shape index (κ3) is 4.52. The Morgan fingerprint density at radius 2 is 1.60 bits per heavy atom. The van der Waals surface area contributed by atoms with Gasteiger partial charge in [-0.3, -0.25) is 9.10 Å². The highest BCUT2D eigenvalue weighted by molar-refractivity contribution is 7.92. The normalized spacial score (nSPS) is 12.5. The predicted molar refractivity (Wildman–Crippen MR) is 103 cm³/mol. The molecular weight excluding hydrogens is 360 g/mol. The van der Waals surface area contributed by atoms with Crippen LogP contribution in [0.25, 0.3) is 0 Å². The minimum Gasteiger partial charge on any atom is -0.324 e. The van der Waals surface area contributed by atoms with Crippen molar-refractivity contribution in [2.24, 2.45) is 0 Å². The van der Waals surface area contributed by atoms with Gasteiger partial charge in [-0.15, -0.1) is 0 Å². The van der Waals surface area contributed by atoms with Crippen LogP contribution in [0.2, 0.25) is 5.02 Å². The molecule has 0 aliphatic heterocycles. The standard InChI is InChI=1S/C18H21ClN2O3S/c1-12-6-5-7-13(2)17(12)20-18(22)14(3)21(25(4,23)24)16-10-8-15(19)9-11-16/h5-11,14H,1-4H3,(H,20,22)/t14-/m0/s1. The largest absolute Gasteiger partial charge is 0.324 e. The SMILES string of the molecule is Cc1cccc(C)c1NC(=O)[C@H](C)N(c1ccc(Cl)cc1)S(C)(=O)=O. The molecule has 134 valence electrons. The maximum atomic E-state index is 12.7. The summed E-state index contributed by atoms with van der Waals surface area (Å²) in [6.07, 6.45) is 1.07. The Hall–Kier alpha value is -2.05. The van der Waals surface area contributed by atoms with Crippen LogP contribution in [0.4, 0.5) is 11.4 Å². The molecule has 2 aromatic rings. The average molecular weight is 381 g/mol. The molecule has 0 saturated heterocycles. The van der Waals surface area contributed by atoms with Crippen molar-refractivity contribution in [1.82, 2.24) is 0 Å². The molecule has 0 spiro atoms. The zero-order chi connectivity index (χ0) is 18.8. The van der Waals surface area contributed by atoms with Crippen LogP contribution in [0.5, 0.6) is 0 Å². The summed E-state index contributed by atoms with van der Waals surface area (Å²) in [4.78, 5) is 12.7. The number of aryl methyl sites for hydroxylation is 2. The van der Waals surface area contributed by atoms with Gasteiger partial charge >= 0.3 is 0 Å². The van der Waals surface area contributed by atoms with Crippen LogP contribution >= 0.6 is 11.6 Å². The summed E-state index contributed by atoms with van der Waals surface area (Å²) in [5.41, 5.74) is 2.91. The number of halogens is 1. The Balaban J connectivity index is 2.35. The van der Waals surface area contributed by atoms with E-state index in [-0.39, 0.29) is 0 Å². The molecule has 0 radical (unpaired) electrons. The van der Waals surface area contributed by atoms with Gasteiger partial charge in [-0.25, -0.2) is 8.42 Å². The van der Waals surface area contributed by atoms with E-state index in [2.05, 4.69) is 5.32 Å². The number of sulfonamides is 1. The molecule has 25 heavy (non-hydrogen) atoms. The van der Waals surface area contributed by atoms with Crippen molar-refractivity contribution in [3.8, 4) is 0 Å². The van der Waals surface area contributed by atoms with Gasteiger partial charge in [-0.2, -0.15) is 0 Å². The molecule has 0 unspecified atom stereocenters. The van der Waals surface area contributed by atoms with Gasteiger partial charge in [0, 0.05) is 10.7 Å². The molecular formula is C18H21ClN2O3S. The van der Waals surface area contributed by atoms with Crippen molar-refractivity contribution in [1.29, 1.82) is 0 Å². The minimum atomic E-state index is -3.66. The second kappa shape index (κ2) is 7.45. The Morgan fingerprint density at radius 1 is 1.08 bits per heavy atom. The molecule has 1 N–H and O–H groups in total. The van der Waals surface area contributed by atoms with Gasteiger partial charge in [0.25, 0.3) is 0 Å². The number of nitrogens with zero attached hydrogens (tertiary/aromatic N) is 1. The van der Waals surface area contributed by atoms with Crippen molar-refractivity contribution < 1.29 is 13.2 Å². The first-order chi connectivity index (χ1) is 11.6. The molecule has 0 bridgehead atoms. The maximum absolute atomic E-state index is 12.7. The lowest BCUT2D eigenvalue weighted by molar-refractivity contribution is -0.116. The third-order valence-electron chi connectivity index (χ3n) is 3.90. The fourth-order valence-electron chi connectivity index (χ4n) is 2.64. The van der Waals surface area contributed by atoms with Crippen LogP contribution in [-0.4, -0.2) is 26.6 Å². The summed E-state index contributed by atoms with van der Waals surface area (Å²) in [5, 5.41) is 3.33. The maximum Gasteiger partial charge on any atom is 0.248 e. The summed E-state index contributed by atoms with van der Waals surface area (Å²) < 4.78 is 25.6. The molecule has 0 heterocycles. The van der Waals surface area contributed by atoms with E-state index >= 15 is 0 Å². The van der Waals surface area contributed by atoms with E-state index in [0.717, 1.165) is 21.7 Å². The molecule has 1 atom stereocenters. The van der Waals surface area contributed by atoms with Crippen molar-refractivity contribution in [2.75, 3.05) is 15.9 Å². The van der Waals surface area contributed by atoms with E-state index in [4.69, 9.17) is 11.6 Å². The number of hydrogen-bond acceptors (Lipinski definition) is 3. The number of anilines is 2. The summed E-state index contributed by atoms with van der Waals surface area (Å²) in [7, 11) is -3.66. The lowest BCUT2D eigenvalue weighted by atomic mass is 10.1. The lowest BCUT2D eigenvalue weighted by Gasteiger charge is -2.28. The summed E-state index contributed by atoms with van der Waals surface area (Å²) in [5.74, 6) is -0.405. The lowest BCUT2D eigenvalue weighted by Crippen LogP contribution is -2.45. The van der Waals surface area contributed by atoms with Gasteiger partial charge in [0.05, 0.1) is 11.9 Å². The van der Waals surface area contributed by atoms with E-state index in [1.54, 1.807) is 31.2 Å². The zero-order valence-corrected chi connectivity index (χ0v) is 16.1. The Morgan fingerprint density at radius 3 is 2.08 bits per heavy atom. The summed E-state index contributed by atoms with van der Waals surface area (Å²) in [6, 6.07) is 11.1. The van der Waals surface area contributed by atoms with Gasteiger partial charge in [0.15, 0.2) is 0 Å². The molecule has 2 aromatic carbocycles. The highest BCUT2D eigenvalue weighted by atomic mass is 35.5. The second-order valence-electron chi connectivity index (χ2n) is 5.97. The molecule has 2 rings (SSSR count). The molecule has 0 aromatic heterocycles. The van der Waals surface area contributed by atoms with Gasteiger partial charge in [0.2, 0.25) is 15.9 Å². The molecule has 1 amide bonds. The number of nitrogens with one attached hydrogen (secondary N) is 1. The van der Waals surface area contributed by atoms with Crippen molar-refractivity contribution in [3.63, 3.8) is 0 Å². The topological polar surface area (TPSA) is 66.5 Å². The first-order valence-corrected chi connectivity index (χ1v) is 9.96. The van der Waals surface area contributed by atoms with E-state index in [1.165, 1.54) is 0 Å². The number of hydrogen-bond donors (Lipinski definition) is 1. The average Bonchev–Trinajstić information content (AvgIpc) is 2.51. The number of benzene rings is 2.